The standard InChI is InChI=1S/C17H20F3N5O6S/c18-17(19,20)16(30)24-8(15(28)29)2-4-32-5-9-10(26)11(27)14(31-9)25-3-1-7-12(21)22-6-23-13(7)25/h1,3,6,8-11,14,26-27H,2,4-5H2,(H,24,30)(H,28,29)(H2,21,22,23)/t8?,9-,10-,11-,14?/m1/s1. The first-order chi connectivity index (χ1) is 15.0. The molecule has 1 aliphatic heterocycles. The molecule has 5 atom stereocenters. The van der Waals surface area contributed by atoms with Crippen LogP contribution in [0.5, 0.6) is 0 Å². The number of hydrogen-bond donors (Lipinski definition) is 5. The van der Waals surface area contributed by atoms with Gasteiger partial charge in [0.05, 0.1) is 11.5 Å². The van der Waals surface area contributed by atoms with Crippen molar-refractivity contribution in [3.63, 3.8) is 0 Å². The first kappa shape index (κ1) is 24.0. The van der Waals surface area contributed by atoms with Gasteiger partial charge in [-0.3, -0.25) is 4.79 Å². The lowest BCUT2D eigenvalue weighted by Crippen LogP contribution is -2.47. The van der Waals surface area contributed by atoms with Crippen LogP contribution in [-0.2, 0) is 14.3 Å². The summed E-state index contributed by atoms with van der Waals surface area (Å²) in [5, 5.41) is 31.7. The Labute approximate surface area is 182 Å². The first-order valence-corrected chi connectivity index (χ1v) is 10.4. The number of nitrogens with zero attached hydrogens (tertiary/aromatic N) is 3. The van der Waals surface area contributed by atoms with Crippen LogP contribution < -0.4 is 11.1 Å². The van der Waals surface area contributed by atoms with Crippen LogP contribution in [0, 0.1) is 0 Å². The molecule has 3 heterocycles. The van der Waals surface area contributed by atoms with Crippen molar-refractivity contribution in [2.24, 2.45) is 0 Å². The van der Waals surface area contributed by atoms with Crippen molar-refractivity contribution >= 4 is 40.5 Å². The van der Waals surface area contributed by atoms with Gasteiger partial charge in [0, 0.05) is 11.9 Å². The molecule has 0 saturated carbocycles. The quantitative estimate of drug-likeness (QED) is 0.322. The van der Waals surface area contributed by atoms with Crippen LogP contribution in [0.4, 0.5) is 19.0 Å². The molecule has 0 bridgehead atoms. The number of rotatable bonds is 8. The van der Waals surface area contributed by atoms with Gasteiger partial charge in [-0.15, -0.1) is 0 Å². The van der Waals surface area contributed by atoms with Crippen molar-refractivity contribution in [1.29, 1.82) is 0 Å². The summed E-state index contributed by atoms with van der Waals surface area (Å²) in [6.07, 6.45) is -7.04. The Morgan fingerprint density at radius 1 is 1.31 bits per heavy atom. The number of halogens is 3. The molecule has 2 aromatic heterocycles. The number of nitrogen functional groups attached to an aromatic ring is 1. The Kier molecular flexibility index (Phi) is 7.12. The van der Waals surface area contributed by atoms with E-state index in [0.29, 0.717) is 11.0 Å². The number of aliphatic hydroxyl groups excluding tert-OH is 2. The van der Waals surface area contributed by atoms with Gasteiger partial charge in [-0.25, -0.2) is 14.8 Å². The summed E-state index contributed by atoms with van der Waals surface area (Å²) in [5.41, 5.74) is 6.18. The van der Waals surface area contributed by atoms with E-state index >= 15 is 0 Å². The van der Waals surface area contributed by atoms with Crippen molar-refractivity contribution in [2.75, 3.05) is 17.2 Å². The van der Waals surface area contributed by atoms with Gasteiger partial charge in [0.2, 0.25) is 0 Å². The minimum absolute atomic E-state index is 0.0542. The molecule has 11 nitrogen and oxygen atoms in total. The molecule has 0 spiro atoms. The Balaban J connectivity index is 1.56. The number of carboxylic acid groups (broad SMARTS) is 1. The number of nitrogens with two attached hydrogens (primary N) is 1. The lowest BCUT2D eigenvalue weighted by Gasteiger charge is -2.17. The van der Waals surface area contributed by atoms with Crippen molar-refractivity contribution in [3.8, 4) is 0 Å². The van der Waals surface area contributed by atoms with E-state index in [4.69, 9.17) is 15.6 Å². The number of amides is 1. The summed E-state index contributed by atoms with van der Waals surface area (Å²) in [5.74, 6) is -3.53. The van der Waals surface area contributed by atoms with Crippen LogP contribution in [0.3, 0.4) is 0 Å². The van der Waals surface area contributed by atoms with E-state index in [1.807, 2.05) is 0 Å². The number of aliphatic carboxylic acids is 1. The first-order valence-electron chi connectivity index (χ1n) is 9.27. The molecule has 6 N–H and O–H groups in total. The van der Waals surface area contributed by atoms with Crippen LogP contribution in [0.1, 0.15) is 12.6 Å². The zero-order chi connectivity index (χ0) is 23.6. The highest BCUT2D eigenvalue weighted by Crippen LogP contribution is 2.34. The van der Waals surface area contributed by atoms with Crippen LogP contribution in [0.25, 0.3) is 11.0 Å². The molecule has 3 rings (SSSR count). The minimum Gasteiger partial charge on any atom is -0.480 e. The monoisotopic (exact) mass is 479 g/mol. The van der Waals surface area contributed by atoms with E-state index in [-0.39, 0.29) is 23.7 Å². The Bertz CT molecular complexity index is 989. The van der Waals surface area contributed by atoms with Crippen LogP contribution >= 0.6 is 11.8 Å². The lowest BCUT2D eigenvalue weighted by atomic mass is 10.1. The second-order valence-electron chi connectivity index (χ2n) is 6.99. The van der Waals surface area contributed by atoms with E-state index in [1.54, 1.807) is 12.3 Å². The highest BCUT2D eigenvalue weighted by Gasteiger charge is 2.44. The number of alkyl halides is 3. The fourth-order valence-corrected chi connectivity index (χ4v) is 4.27. The summed E-state index contributed by atoms with van der Waals surface area (Å²) in [6.45, 7) is 0. The van der Waals surface area contributed by atoms with Crippen molar-refractivity contribution in [3.05, 3.63) is 18.6 Å². The van der Waals surface area contributed by atoms with Crippen molar-refractivity contribution < 1.29 is 42.8 Å². The van der Waals surface area contributed by atoms with Gasteiger partial charge < -0.3 is 35.7 Å². The van der Waals surface area contributed by atoms with E-state index in [1.165, 1.54) is 16.2 Å². The molecule has 1 fully saturated rings. The Morgan fingerprint density at radius 2 is 2.03 bits per heavy atom. The molecule has 1 saturated heterocycles. The van der Waals surface area contributed by atoms with E-state index in [2.05, 4.69) is 9.97 Å². The number of anilines is 1. The van der Waals surface area contributed by atoms with Crippen LogP contribution in [0.2, 0.25) is 0 Å². The molecule has 0 radical (unpaired) electrons. The number of ether oxygens (including phenoxy) is 1. The van der Waals surface area contributed by atoms with Gasteiger partial charge in [0.15, 0.2) is 6.23 Å². The minimum atomic E-state index is -5.19. The maximum atomic E-state index is 12.3. The Morgan fingerprint density at radius 3 is 2.69 bits per heavy atom. The third-order valence-corrected chi connectivity index (χ3v) is 5.93. The second-order valence-corrected chi connectivity index (χ2v) is 8.14. The lowest BCUT2D eigenvalue weighted by molar-refractivity contribution is -0.175. The summed E-state index contributed by atoms with van der Waals surface area (Å²) in [4.78, 5) is 30.0. The Hall–Kier alpha value is -2.62. The number of hydrogen-bond acceptors (Lipinski definition) is 9. The topological polar surface area (TPSA) is 173 Å². The summed E-state index contributed by atoms with van der Waals surface area (Å²) in [7, 11) is 0. The zero-order valence-electron chi connectivity index (χ0n) is 16.3. The van der Waals surface area contributed by atoms with Gasteiger partial charge >= 0.3 is 18.1 Å². The zero-order valence-corrected chi connectivity index (χ0v) is 17.1. The number of thioether (sulfide) groups is 1. The fraction of sp³-hybridized carbons (Fsp3) is 0.529. The highest BCUT2D eigenvalue weighted by atomic mass is 32.2. The van der Waals surface area contributed by atoms with E-state index < -0.39 is 48.6 Å². The van der Waals surface area contributed by atoms with Gasteiger partial charge in [0.25, 0.3) is 0 Å². The highest BCUT2D eigenvalue weighted by molar-refractivity contribution is 7.99. The third kappa shape index (κ3) is 5.06. The maximum Gasteiger partial charge on any atom is 0.471 e. The van der Waals surface area contributed by atoms with E-state index in [0.717, 1.165) is 11.8 Å². The van der Waals surface area contributed by atoms with Crippen molar-refractivity contribution in [1.82, 2.24) is 19.9 Å². The van der Waals surface area contributed by atoms with Crippen LogP contribution in [-0.4, -0.2) is 83.8 Å². The molecule has 2 aromatic rings. The smallest absolute Gasteiger partial charge is 0.471 e. The van der Waals surface area contributed by atoms with Gasteiger partial charge in [-0.2, -0.15) is 24.9 Å². The van der Waals surface area contributed by atoms with Gasteiger partial charge in [-0.1, -0.05) is 0 Å². The van der Waals surface area contributed by atoms with Crippen molar-refractivity contribution in [2.45, 2.75) is 43.2 Å². The van der Waals surface area contributed by atoms with Gasteiger partial charge in [0.1, 0.15) is 36.0 Å². The number of carboxylic acids is 1. The molecule has 2 unspecified atom stereocenters. The van der Waals surface area contributed by atoms with Crippen LogP contribution in [0.15, 0.2) is 18.6 Å². The van der Waals surface area contributed by atoms with E-state index in [9.17, 15) is 33.0 Å². The average Bonchev–Trinajstić information content (AvgIpc) is 3.26. The predicted octanol–water partition coefficient (Wildman–Crippen LogP) is -0.112. The molecule has 15 heteroatoms. The summed E-state index contributed by atoms with van der Waals surface area (Å²) < 4.78 is 44.2. The molecule has 176 valence electrons. The fourth-order valence-electron chi connectivity index (χ4n) is 3.19. The largest absolute Gasteiger partial charge is 0.480 e. The number of carbonyl (C=O) groups is 2. The summed E-state index contributed by atoms with van der Waals surface area (Å²) in [6, 6.07) is -0.0861. The maximum absolute atomic E-state index is 12.3. The molecule has 1 amide bonds. The third-order valence-electron chi connectivity index (χ3n) is 4.85. The molecule has 0 aromatic carbocycles. The summed E-state index contributed by atoms with van der Waals surface area (Å²) >= 11 is 1.10. The molecular formula is C17H20F3N5O6S. The number of fused-ring (bicyclic) bond motifs is 1. The number of aliphatic hydroxyl groups is 2. The number of aromatic nitrogens is 3. The molecule has 1 aliphatic rings. The van der Waals surface area contributed by atoms with Gasteiger partial charge in [-0.05, 0) is 18.2 Å². The normalized spacial score (nSPS) is 24.5. The SMILES string of the molecule is Nc1ncnc2c1ccn2C1O[C@H](CSCCC(NC(=O)C(F)(F)F)C(=O)O)[C@@H](O)[C@H]1O. The number of carbonyl (C=O) groups excluding carboxylic acids is 1. The molecular weight excluding hydrogens is 459 g/mol. The average molecular weight is 479 g/mol. The predicted molar refractivity (Wildman–Crippen MR) is 105 cm³/mol. The molecule has 0 aliphatic carbocycles. The number of nitrogens with one attached hydrogen (secondary N) is 1. The second kappa shape index (κ2) is 9.48. The molecule has 32 heavy (non-hydrogen) atoms.